The van der Waals surface area contributed by atoms with Gasteiger partial charge in [-0.3, -0.25) is 4.79 Å². The summed E-state index contributed by atoms with van der Waals surface area (Å²) in [6, 6.07) is 14.3. The van der Waals surface area contributed by atoms with E-state index in [9.17, 15) is 4.79 Å². The number of hydrogen-bond acceptors (Lipinski definition) is 6. The van der Waals surface area contributed by atoms with Crippen LogP contribution in [0.25, 0.3) is 0 Å². The van der Waals surface area contributed by atoms with Crippen LogP contribution in [-0.4, -0.2) is 23.0 Å². The predicted molar refractivity (Wildman–Crippen MR) is 107 cm³/mol. The molecule has 3 aromatic rings. The highest BCUT2D eigenvalue weighted by atomic mass is 35.5. The standard InChI is InChI=1S/C19H18ClN5O2/c1-12(26)22-14-4-3-5-15(11-14)23-18-8-9-21-19(25-18)24-16-10-13(20)6-7-17(16)27-2/h3-11H,1-2H3,(H,22,26)(H2,21,23,24,25). The summed E-state index contributed by atoms with van der Waals surface area (Å²) in [7, 11) is 1.58. The molecule has 138 valence electrons. The Hall–Kier alpha value is -3.32. The van der Waals surface area contributed by atoms with E-state index < -0.39 is 0 Å². The first-order valence-electron chi connectivity index (χ1n) is 8.12. The summed E-state index contributed by atoms with van der Waals surface area (Å²) in [4.78, 5) is 19.9. The van der Waals surface area contributed by atoms with Crippen LogP contribution in [0.4, 0.5) is 28.8 Å². The van der Waals surface area contributed by atoms with Crippen molar-refractivity contribution < 1.29 is 9.53 Å². The largest absolute Gasteiger partial charge is 0.495 e. The first kappa shape index (κ1) is 18.5. The quantitative estimate of drug-likeness (QED) is 0.577. The number of aromatic nitrogens is 2. The van der Waals surface area contributed by atoms with E-state index in [4.69, 9.17) is 16.3 Å². The average Bonchev–Trinajstić information content (AvgIpc) is 2.62. The number of amides is 1. The number of nitrogens with one attached hydrogen (secondary N) is 3. The Morgan fingerprint density at radius 2 is 1.89 bits per heavy atom. The van der Waals surface area contributed by atoms with E-state index in [0.717, 1.165) is 5.69 Å². The molecule has 2 aromatic carbocycles. The van der Waals surface area contributed by atoms with Gasteiger partial charge in [-0.25, -0.2) is 4.98 Å². The number of carbonyl (C=O) groups is 1. The van der Waals surface area contributed by atoms with Crippen LogP contribution in [0.1, 0.15) is 6.92 Å². The van der Waals surface area contributed by atoms with E-state index in [1.54, 1.807) is 37.6 Å². The molecule has 7 nitrogen and oxygen atoms in total. The van der Waals surface area contributed by atoms with Crippen molar-refractivity contribution in [1.29, 1.82) is 0 Å². The first-order valence-corrected chi connectivity index (χ1v) is 8.49. The molecular weight excluding hydrogens is 366 g/mol. The zero-order chi connectivity index (χ0) is 19.2. The summed E-state index contributed by atoms with van der Waals surface area (Å²) in [5.74, 6) is 1.48. The molecule has 0 aliphatic rings. The fourth-order valence-electron chi connectivity index (χ4n) is 2.41. The maximum atomic E-state index is 11.2. The van der Waals surface area contributed by atoms with Crippen LogP contribution < -0.4 is 20.7 Å². The monoisotopic (exact) mass is 383 g/mol. The molecule has 1 aromatic heterocycles. The van der Waals surface area contributed by atoms with Crippen molar-refractivity contribution in [2.24, 2.45) is 0 Å². The molecule has 3 rings (SSSR count). The van der Waals surface area contributed by atoms with E-state index >= 15 is 0 Å². The second-order valence-electron chi connectivity index (χ2n) is 5.62. The first-order chi connectivity index (χ1) is 13.0. The molecule has 0 aliphatic carbocycles. The molecule has 0 bridgehead atoms. The highest BCUT2D eigenvalue weighted by molar-refractivity contribution is 6.31. The highest BCUT2D eigenvalue weighted by Crippen LogP contribution is 2.29. The zero-order valence-corrected chi connectivity index (χ0v) is 15.5. The van der Waals surface area contributed by atoms with Crippen molar-refractivity contribution in [3.63, 3.8) is 0 Å². The van der Waals surface area contributed by atoms with E-state index in [1.165, 1.54) is 6.92 Å². The molecule has 0 saturated carbocycles. The molecule has 0 spiro atoms. The molecule has 0 fully saturated rings. The van der Waals surface area contributed by atoms with Gasteiger partial charge in [-0.05, 0) is 42.5 Å². The fraction of sp³-hybridized carbons (Fsp3) is 0.105. The van der Waals surface area contributed by atoms with Gasteiger partial charge in [0.15, 0.2) is 0 Å². The molecule has 0 radical (unpaired) electrons. The maximum Gasteiger partial charge on any atom is 0.229 e. The lowest BCUT2D eigenvalue weighted by molar-refractivity contribution is -0.114. The SMILES string of the molecule is COc1ccc(Cl)cc1Nc1nccc(Nc2cccc(NC(C)=O)c2)n1. The van der Waals surface area contributed by atoms with Crippen molar-refractivity contribution >= 4 is 46.3 Å². The van der Waals surface area contributed by atoms with Crippen LogP contribution >= 0.6 is 11.6 Å². The van der Waals surface area contributed by atoms with Gasteiger partial charge in [-0.15, -0.1) is 0 Å². The van der Waals surface area contributed by atoms with Gasteiger partial charge in [0.25, 0.3) is 0 Å². The van der Waals surface area contributed by atoms with Gasteiger partial charge in [0.2, 0.25) is 11.9 Å². The Morgan fingerprint density at radius 1 is 1.07 bits per heavy atom. The van der Waals surface area contributed by atoms with E-state index in [1.807, 2.05) is 24.3 Å². The van der Waals surface area contributed by atoms with Crippen molar-refractivity contribution in [2.45, 2.75) is 6.92 Å². The van der Waals surface area contributed by atoms with Gasteiger partial charge in [0.1, 0.15) is 11.6 Å². The number of carbonyl (C=O) groups excluding carboxylic acids is 1. The maximum absolute atomic E-state index is 11.2. The van der Waals surface area contributed by atoms with Crippen LogP contribution in [0.3, 0.4) is 0 Å². The molecule has 0 atom stereocenters. The number of methoxy groups -OCH3 is 1. The van der Waals surface area contributed by atoms with E-state index in [0.29, 0.717) is 33.9 Å². The topological polar surface area (TPSA) is 88.2 Å². The lowest BCUT2D eigenvalue weighted by Gasteiger charge is -2.12. The summed E-state index contributed by atoms with van der Waals surface area (Å²) in [6.07, 6.45) is 1.63. The van der Waals surface area contributed by atoms with Gasteiger partial charge in [0.05, 0.1) is 12.8 Å². The summed E-state index contributed by atoms with van der Waals surface area (Å²) in [5, 5.41) is 9.60. The number of hydrogen-bond donors (Lipinski definition) is 3. The summed E-state index contributed by atoms with van der Waals surface area (Å²) >= 11 is 6.05. The number of anilines is 5. The van der Waals surface area contributed by atoms with Crippen molar-refractivity contribution in [1.82, 2.24) is 9.97 Å². The van der Waals surface area contributed by atoms with Crippen molar-refractivity contribution in [3.8, 4) is 5.75 Å². The number of rotatable bonds is 6. The minimum Gasteiger partial charge on any atom is -0.495 e. The van der Waals surface area contributed by atoms with Gasteiger partial charge >= 0.3 is 0 Å². The van der Waals surface area contributed by atoms with Crippen molar-refractivity contribution in [3.05, 3.63) is 59.8 Å². The van der Waals surface area contributed by atoms with Gasteiger partial charge in [-0.2, -0.15) is 4.98 Å². The van der Waals surface area contributed by atoms with E-state index in [-0.39, 0.29) is 5.91 Å². The predicted octanol–water partition coefficient (Wildman–Crippen LogP) is 4.58. The average molecular weight is 384 g/mol. The molecule has 1 heterocycles. The third kappa shape index (κ3) is 5.08. The summed E-state index contributed by atoms with van der Waals surface area (Å²) < 4.78 is 5.32. The molecule has 1 amide bonds. The normalized spacial score (nSPS) is 10.2. The molecular formula is C19H18ClN5O2. The third-order valence-electron chi connectivity index (χ3n) is 3.52. The minimum atomic E-state index is -0.129. The molecule has 3 N–H and O–H groups in total. The van der Waals surface area contributed by atoms with Crippen LogP contribution in [0.15, 0.2) is 54.7 Å². The second kappa shape index (κ2) is 8.37. The highest BCUT2D eigenvalue weighted by Gasteiger charge is 2.07. The van der Waals surface area contributed by atoms with Crippen LogP contribution in [-0.2, 0) is 4.79 Å². The van der Waals surface area contributed by atoms with Gasteiger partial charge in [-0.1, -0.05) is 17.7 Å². The Morgan fingerprint density at radius 3 is 2.67 bits per heavy atom. The Kier molecular flexibility index (Phi) is 5.73. The lowest BCUT2D eigenvalue weighted by Crippen LogP contribution is -2.06. The smallest absolute Gasteiger partial charge is 0.229 e. The van der Waals surface area contributed by atoms with E-state index in [2.05, 4.69) is 25.9 Å². The van der Waals surface area contributed by atoms with Gasteiger partial charge in [0, 0.05) is 29.5 Å². The van der Waals surface area contributed by atoms with Crippen LogP contribution in [0.5, 0.6) is 5.75 Å². The molecule has 8 heteroatoms. The Bertz CT molecular complexity index is 964. The Labute approximate surface area is 161 Å². The number of nitrogens with zero attached hydrogens (tertiary/aromatic N) is 2. The molecule has 27 heavy (non-hydrogen) atoms. The van der Waals surface area contributed by atoms with Crippen molar-refractivity contribution in [2.75, 3.05) is 23.1 Å². The lowest BCUT2D eigenvalue weighted by atomic mass is 10.2. The number of benzene rings is 2. The summed E-state index contributed by atoms with van der Waals surface area (Å²) in [6.45, 7) is 1.46. The summed E-state index contributed by atoms with van der Waals surface area (Å²) in [5.41, 5.74) is 2.14. The minimum absolute atomic E-state index is 0.129. The van der Waals surface area contributed by atoms with Gasteiger partial charge < -0.3 is 20.7 Å². The third-order valence-corrected chi connectivity index (χ3v) is 3.75. The fourth-order valence-corrected chi connectivity index (χ4v) is 2.58. The molecule has 0 aliphatic heterocycles. The molecule has 0 saturated heterocycles. The molecule has 0 unspecified atom stereocenters. The number of ether oxygens (including phenoxy) is 1. The second-order valence-corrected chi connectivity index (χ2v) is 6.06. The van der Waals surface area contributed by atoms with Crippen LogP contribution in [0.2, 0.25) is 5.02 Å². The Balaban J connectivity index is 1.78. The zero-order valence-electron chi connectivity index (χ0n) is 14.8. The number of halogens is 1. The van der Waals surface area contributed by atoms with Crippen LogP contribution in [0, 0.1) is 0 Å².